The third-order valence-corrected chi connectivity index (χ3v) is 3.08. The highest BCUT2D eigenvalue weighted by Gasteiger charge is 2.10. The van der Waals surface area contributed by atoms with Gasteiger partial charge in [0.1, 0.15) is 5.82 Å². The van der Waals surface area contributed by atoms with Gasteiger partial charge in [0, 0.05) is 18.9 Å². The lowest BCUT2D eigenvalue weighted by molar-refractivity contribution is 0.619. The van der Waals surface area contributed by atoms with Crippen LogP contribution in [-0.4, -0.2) is 16.1 Å². The van der Waals surface area contributed by atoms with Crippen molar-refractivity contribution < 1.29 is 4.39 Å². The van der Waals surface area contributed by atoms with Crippen molar-refractivity contribution in [3.63, 3.8) is 0 Å². The Balaban J connectivity index is 2.52. The maximum Gasteiger partial charge on any atom is 0.207 e. The van der Waals surface area contributed by atoms with Crippen molar-refractivity contribution in [2.45, 2.75) is 13.8 Å². The van der Waals surface area contributed by atoms with Gasteiger partial charge < -0.3 is 5.32 Å². The van der Waals surface area contributed by atoms with Crippen molar-refractivity contribution in [3.05, 3.63) is 40.4 Å². The number of nitrogens with one attached hydrogen (secondary N) is 1. The monoisotopic (exact) mass is 297 g/mol. The molecule has 1 heterocycles. The summed E-state index contributed by atoms with van der Waals surface area (Å²) in [4.78, 5) is 4.19. The molecule has 90 valence electrons. The Bertz CT molecular complexity index is 537. The second kappa shape index (κ2) is 4.87. The largest absolute Gasteiger partial charge is 0.356 e. The number of anilines is 1. The number of aromatic nitrogens is 2. The fraction of sp³-hybridized carbons (Fsp3) is 0.250. The number of benzene rings is 1. The average Bonchev–Trinajstić information content (AvgIpc) is 2.72. The molecule has 2 aromatic rings. The molecule has 0 unspecified atom stereocenters. The van der Waals surface area contributed by atoms with Crippen LogP contribution in [0.2, 0.25) is 0 Å². The van der Waals surface area contributed by atoms with Crippen LogP contribution in [0.5, 0.6) is 0 Å². The first kappa shape index (κ1) is 12.1. The van der Waals surface area contributed by atoms with E-state index in [2.05, 4.69) is 26.2 Å². The number of hydrogen-bond acceptors (Lipinski definition) is 2. The van der Waals surface area contributed by atoms with Gasteiger partial charge in [-0.15, -0.1) is 0 Å². The number of imidazole rings is 1. The third-order valence-electron chi connectivity index (χ3n) is 2.47. The van der Waals surface area contributed by atoms with Crippen molar-refractivity contribution in [2.75, 3.05) is 11.9 Å². The number of hydrogen-bond donors (Lipinski definition) is 1. The summed E-state index contributed by atoms with van der Waals surface area (Å²) in [6.07, 6.45) is 3.51. The number of aryl methyl sites for hydroxylation is 1. The summed E-state index contributed by atoms with van der Waals surface area (Å²) in [5.74, 6) is 0.444. The molecule has 0 aliphatic heterocycles. The van der Waals surface area contributed by atoms with Crippen LogP contribution in [0.25, 0.3) is 5.69 Å². The summed E-state index contributed by atoms with van der Waals surface area (Å²) in [7, 11) is 0. The molecular weight excluding hydrogens is 285 g/mol. The van der Waals surface area contributed by atoms with Crippen LogP contribution in [0.15, 0.2) is 29.0 Å². The van der Waals surface area contributed by atoms with E-state index in [0.717, 1.165) is 23.7 Å². The standard InChI is InChI=1S/C12H13BrFN3/c1-3-15-12-16-4-5-17(12)11-7-10(14)9(13)6-8(11)2/h4-7H,3H2,1-2H3,(H,15,16). The van der Waals surface area contributed by atoms with Gasteiger partial charge in [-0.25, -0.2) is 9.37 Å². The molecule has 0 atom stereocenters. The number of halogens is 2. The SMILES string of the molecule is CCNc1nccn1-c1cc(F)c(Br)cc1C. The van der Waals surface area contributed by atoms with Gasteiger partial charge in [0.2, 0.25) is 5.95 Å². The quantitative estimate of drug-likeness (QED) is 0.939. The van der Waals surface area contributed by atoms with Crippen molar-refractivity contribution in [3.8, 4) is 5.69 Å². The zero-order valence-corrected chi connectivity index (χ0v) is 11.3. The maximum absolute atomic E-state index is 13.6. The van der Waals surface area contributed by atoms with Gasteiger partial charge in [-0.05, 0) is 47.5 Å². The van der Waals surface area contributed by atoms with Gasteiger partial charge in [-0.2, -0.15) is 0 Å². The van der Waals surface area contributed by atoms with Gasteiger partial charge in [-0.3, -0.25) is 4.57 Å². The minimum absolute atomic E-state index is 0.276. The molecule has 0 saturated carbocycles. The topological polar surface area (TPSA) is 29.9 Å². The lowest BCUT2D eigenvalue weighted by Gasteiger charge is -2.12. The first-order chi connectivity index (χ1) is 8.13. The van der Waals surface area contributed by atoms with Crippen LogP contribution >= 0.6 is 15.9 Å². The molecule has 0 aliphatic rings. The van der Waals surface area contributed by atoms with E-state index in [1.54, 1.807) is 12.3 Å². The summed E-state index contributed by atoms with van der Waals surface area (Å²) in [5, 5.41) is 3.13. The highest BCUT2D eigenvalue weighted by molar-refractivity contribution is 9.10. The number of nitrogens with zero attached hydrogens (tertiary/aromatic N) is 2. The van der Waals surface area contributed by atoms with E-state index in [0.29, 0.717) is 4.47 Å². The molecule has 17 heavy (non-hydrogen) atoms. The summed E-state index contributed by atoms with van der Waals surface area (Å²) >= 11 is 3.18. The first-order valence-corrected chi connectivity index (χ1v) is 6.16. The second-order valence-corrected chi connectivity index (χ2v) is 4.56. The van der Waals surface area contributed by atoms with E-state index in [-0.39, 0.29) is 5.82 Å². The summed E-state index contributed by atoms with van der Waals surface area (Å²) in [5.41, 5.74) is 1.77. The Morgan fingerprint density at radius 1 is 1.47 bits per heavy atom. The summed E-state index contributed by atoms with van der Waals surface area (Å²) in [6.45, 7) is 4.71. The van der Waals surface area contributed by atoms with E-state index in [9.17, 15) is 4.39 Å². The molecule has 1 aromatic carbocycles. The van der Waals surface area contributed by atoms with Gasteiger partial charge in [0.25, 0.3) is 0 Å². The van der Waals surface area contributed by atoms with Crippen LogP contribution in [-0.2, 0) is 0 Å². The smallest absolute Gasteiger partial charge is 0.207 e. The Hall–Kier alpha value is -1.36. The lowest BCUT2D eigenvalue weighted by Crippen LogP contribution is -2.06. The fourth-order valence-electron chi connectivity index (χ4n) is 1.68. The van der Waals surface area contributed by atoms with E-state index in [1.807, 2.05) is 24.6 Å². The predicted octanol–water partition coefficient (Wildman–Crippen LogP) is 3.51. The Morgan fingerprint density at radius 3 is 2.94 bits per heavy atom. The lowest BCUT2D eigenvalue weighted by atomic mass is 10.2. The molecule has 0 radical (unpaired) electrons. The van der Waals surface area contributed by atoms with Crippen LogP contribution < -0.4 is 5.32 Å². The first-order valence-electron chi connectivity index (χ1n) is 5.36. The highest BCUT2D eigenvalue weighted by atomic mass is 79.9. The molecule has 0 aliphatic carbocycles. The van der Waals surface area contributed by atoms with Gasteiger partial charge >= 0.3 is 0 Å². The fourth-order valence-corrected chi connectivity index (χ4v) is 2.14. The molecule has 0 fully saturated rings. The minimum Gasteiger partial charge on any atom is -0.356 e. The van der Waals surface area contributed by atoms with Gasteiger partial charge in [0.05, 0.1) is 10.2 Å². The van der Waals surface area contributed by atoms with Crippen LogP contribution in [0.1, 0.15) is 12.5 Å². The van der Waals surface area contributed by atoms with Crippen molar-refractivity contribution >= 4 is 21.9 Å². The highest BCUT2D eigenvalue weighted by Crippen LogP contribution is 2.25. The van der Waals surface area contributed by atoms with E-state index in [1.165, 1.54) is 6.07 Å². The predicted molar refractivity (Wildman–Crippen MR) is 70.1 cm³/mol. The van der Waals surface area contributed by atoms with Crippen molar-refractivity contribution in [1.29, 1.82) is 0 Å². The molecule has 3 nitrogen and oxygen atoms in total. The molecule has 0 amide bonds. The normalized spacial score (nSPS) is 10.6. The van der Waals surface area contributed by atoms with E-state index in [4.69, 9.17) is 0 Å². The summed E-state index contributed by atoms with van der Waals surface area (Å²) < 4.78 is 15.9. The second-order valence-electron chi connectivity index (χ2n) is 3.70. The molecule has 0 bridgehead atoms. The zero-order valence-electron chi connectivity index (χ0n) is 9.67. The van der Waals surface area contributed by atoms with Crippen LogP contribution in [0, 0.1) is 12.7 Å². The Kier molecular flexibility index (Phi) is 3.47. The average molecular weight is 298 g/mol. The molecule has 2 rings (SSSR count). The maximum atomic E-state index is 13.6. The van der Waals surface area contributed by atoms with E-state index >= 15 is 0 Å². The number of rotatable bonds is 3. The van der Waals surface area contributed by atoms with Gasteiger partial charge in [-0.1, -0.05) is 0 Å². The zero-order chi connectivity index (χ0) is 12.4. The Morgan fingerprint density at radius 2 is 2.24 bits per heavy atom. The summed E-state index contributed by atoms with van der Waals surface area (Å²) in [6, 6.07) is 3.27. The molecule has 0 spiro atoms. The minimum atomic E-state index is -0.276. The third kappa shape index (κ3) is 2.34. The molecule has 1 aromatic heterocycles. The Labute approximate surface area is 108 Å². The van der Waals surface area contributed by atoms with Crippen LogP contribution in [0.3, 0.4) is 0 Å². The molecular formula is C12H13BrFN3. The molecule has 1 N–H and O–H groups in total. The van der Waals surface area contributed by atoms with Crippen molar-refractivity contribution in [1.82, 2.24) is 9.55 Å². The van der Waals surface area contributed by atoms with E-state index < -0.39 is 0 Å². The van der Waals surface area contributed by atoms with Gasteiger partial charge in [0.15, 0.2) is 0 Å². The molecule has 5 heteroatoms. The molecule has 0 saturated heterocycles. The van der Waals surface area contributed by atoms with Crippen LogP contribution in [0.4, 0.5) is 10.3 Å². The van der Waals surface area contributed by atoms with Crippen molar-refractivity contribution in [2.24, 2.45) is 0 Å².